The number of hydrogen-bond donors (Lipinski definition) is 1. The van der Waals surface area contributed by atoms with Gasteiger partial charge in [0.1, 0.15) is 5.75 Å². The summed E-state index contributed by atoms with van der Waals surface area (Å²) >= 11 is 0. The number of nitrogens with one attached hydrogen (secondary N) is 1. The monoisotopic (exact) mass is 247 g/mol. The highest BCUT2D eigenvalue weighted by Crippen LogP contribution is 2.28. The molecule has 1 aromatic carbocycles. The number of benzene rings is 1. The van der Waals surface area contributed by atoms with Gasteiger partial charge in [-0.25, -0.2) is 0 Å². The highest BCUT2D eigenvalue weighted by molar-refractivity contribution is 5.58. The Labute approximate surface area is 111 Å². The standard InChI is InChI=1S/C16H25NO/c1-3-18-16-10-9-13(2)11-15(16)17-12-14-7-5-4-6-8-14/h9-11,14,17H,3-8,12H2,1-2H3. The molecule has 0 aliphatic heterocycles. The van der Waals surface area contributed by atoms with Gasteiger partial charge >= 0.3 is 0 Å². The van der Waals surface area contributed by atoms with Gasteiger partial charge < -0.3 is 10.1 Å². The summed E-state index contributed by atoms with van der Waals surface area (Å²) in [6.07, 6.45) is 6.98. The van der Waals surface area contributed by atoms with E-state index in [0.717, 1.165) is 30.5 Å². The van der Waals surface area contributed by atoms with E-state index in [4.69, 9.17) is 4.74 Å². The fourth-order valence-electron chi connectivity index (χ4n) is 2.71. The Hall–Kier alpha value is -1.18. The van der Waals surface area contributed by atoms with Crippen molar-refractivity contribution in [2.75, 3.05) is 18.5 Å². The smallest absolute Gasteiger partial charge is 0.142 e. The van der Waals surface area contributed by atoms with E-state index in [9.17, 15) is 0 Å². The molecule has 1 fully saturated rings. The van der Waals surface area contributed by atoms with E-state index >= 15 is 0 Å². The summed E-state index contributed by atoms with van der Waals surface area (Å²) in [6.45, 7) is 5.97. The molecule has 18 heavy (non-hydrogen) atoms. The Morgan fingerprint density at radius 2 is 2.00 bits per heavy atom. The molecule has 2 nitrogen and oxygen atoms in total. The topological polar surface area (TPSA) is 21.3 Å². The van der Waals surface area contributed by atoms with Gasteiger partial charge in [-0.15, -0.1) is 0 Å². The van der Waals surface area contributed by atoms with E-state index in [2.05, 4.69) is 30.4 Å². The van der Waals surface area contributed by atoms with Crippen LogP contribution in [0.1, 0.15) is 44.6 Å². The van der Waals surface area contributed by atoms with E-state index in [-0.39, 0.29) is 0 Å². The van der Waals surface area contributed by atoms with Crippen molar-refractivity contribution >= 4 is 5.69 Å². The Balaban J connectivity index is 1.95. The van der Waals surface area contributed by atoms with Gasteiger partial charge in [0.15, 0.2) is 0 Å². The Bertz CT molecular complexity index is 369. The normalized spacial score (nSPS) is 16.6. The molecule has 1 aliphatic rings. The molecule has 0 heterocycles. The van der Waals surface area contributed by atoms with Gasteiger partial charge in [-0.1, -0.05) is 25.3 Å². The molecule has 0 radical (unpaired) electrons. The van der Waals surface area contributed by atoms with Gasteiger partial charge in [0.25, 0.3) is 0 Å². The lowest BCUT2D eigenvalue weighted by Gasteiger charge is -2.23. The van der Waals surface area contributed by atoms with Crippen LogP contribution in [0.2, 0.25) is 0 Å². The number of hydrogen-bond acceptors (Lipinski definition) is 2. The molecule has 0 aromatic heterocycles. The van der Waals surface area contributed by atoms with Gasteiger partial charge in [0.2, 0.25) is 0 Å². The van der Waals surface area contributed by atoms with Crippen molar-refractivity contribution in [1.82, 2.24) is 0 Å². The zero-order valence-corrected chi connectivity index (χ0v) is 11.7. The summed E-state index contributed by atoms with van der Waals surface area (Å²) < 4.78 is 5.67. The average Bonchev–Trinajstić information content (AvgIpc) is 2.40. The third-order valence-electron chi connectivity index (χ3n) is 3.74. The Morgan fingerprint density at radius 1 is 1.22 bits per heavy atom. The van der Waals surface area contributed by atoms with Gasteiger partial charge in [0, 0.05) is 6.54 Å². The summed E-state index contributed by atoms with van der Waals surface area (Å²) in [6, 6.07) is 6.37. The van der Waals surface area contributed by atoms with Crippen molar-refractivity contribution < 1.29 is 4.74 Å². The molecule has 0 saturated heterocycles. The number of ether oxygens (including phenoxy) is 1. The molecule has 0 atom stereocenters. The minimum absolute atomic E-state index is 0.723. The van der Waals surface area contributed by atoms with Crippen molar-refractivity contribution in [2.24, 2.45) is 5.92 Å². The van der Waals surface area contributed by atoms with Gasteiger partial charge in [0.05, 0.1) is 12.3 Å². The van der Waals surface area contributed by atoms with Crippen LogP contribution in [-0.4, -0.2) is 13.2 Å². The molecule has 100 valence electrons. The lowest BCUT2D eigenvalue weighted by Crippen LogP contribution is -2.17. The van der Waals surface area contributed by atoms with Crippen LogP contribution in [-0.2, 0) is 0 Å². The van der Waals surface area contributed by atoms with Crippen molar-refractivity contribution in [2.45, 2.75) is 46.0 Å². The van der Waals surface area contributed by atoms with E-state index in [1.807, 2.05) is 6.92 Å². The minimum atomic E-state index is 0.723. The largest absolute Gasteiger partial charge is 0.492 e. The molecule has 0 bridgehead atoms. The maximum Gasteiger partial charge on any atom is 0.142 e. The summed E-state index contributed by atoms with van der Waals surface area (Å²) in [4.78, 5) is 0. The molecule has 2 heteroatoms. The fourth-order valence-corrected chi connectivity index (χ4v) is 2.71. The predicted molar refractivity (Wildman–Crippen MR) is 77.4 cm³/mol. The van der Waals surface area contributed by atoms with Crippen LogP contribution in [0, 0.1) is 12.8 Å². The molecule has 0 spiro atoms. The highest BCUT2D eigenvalue weighted by Gasteiger charge is 2.13. The van der Waals surface area contributed by atoms with Crippen LogP contribution >= 0.6 is 0 Å². The Kier molecular flexibility index (Phi) is 4.91. The lowest BCUT2D eigenvalue weighted by molar-refractivity contribution is 0.340. The summed E-state index contributed by atoms with van der Waals surface area (Å²) in [7, 11) is 0. The van der Waals surface area contributed by atoms with Gasteiger partial charge in [-0.3, -0.25) is 0 Å². The molecule has 1 saturated carbocycles. The second-order valence-corrected chi connectivity index (χ2v) is 5.32. The molecular formula is C16H25NO. The lowest BCUT2D eigenvalue weighted by atomic mass is 9.89. The maximum atomic E-state index is 5.67. The van der Waals surface area contributed by atoms with Crippen molar-refractivity contribution in [3.63, 3.8) is 0 Å². The first-order valence-electron chi connectivity index (χ1n) is 7.27. The van der Waals surface area contributed by atoms with E-state index in [1.54, 1.807) is 0 Å². The summed E-state index contributed by atoms with van der Waals surface area (Å²) in [5.74, 6) is 1.83. The quantitative estimate of drug-likeness (QED) is 0.833. The predicted octanol–water partition coefficient (Wildman–Crippen LogP) is 4.39. The molecule has 0 amide bonds. The van der Waals surface area contributed by atoms with E-state index in [0.29, 0.717) is 0 Å². The molecule has 1 aromatic rings. The van der Waals surface area contributed by atoms with Crippen molar-refractivity contribution in [3.05, 3.63) is 23.8 Å². The Morgan fingerprint density at radius 3 is 2.72 bits per heavy atom. The molecule has 0 unspecified atom stereocenters. The third kappa shape index (κ3) is 3.66. The van der Waals surface area contributed by atoms with Crippen LogP contribution in [0.25, 0.3) is 0 Å². The van der Waals surface area contributed by atoms with Gasteiger partial charge in [-0.2, -0.15) is 0 Å². The SMILES string of the molecule is CCOc1ccc(C)cc1NCC1CCCCC1. The van der Waals surface area contributed by atoms with Crippen LogP contribution in [0.5, 0.6) is 5.75 Å². The van der Waals surface area contributed by atoms with Crippen LogP contribution < -0.4 is 10.1 Å². The number of rotatable bonds is 5. The summed E-state index contributed by atoms with van der Waals surface area (Å²) in [5, 5.41) is 3.58. The summed E-state index contributed by atoms with van der Waals surface area (Å²) in [5.41, 5.74) is 2.44. The van der Waals surface area contributed by atoms with E-state index < -0.39 is 0 Å². The minimum Gasteiger partial charge on any atom is -0.492 e. The third-order valence-corrected chi connectivity index (χ3v) is 3.74. The number of anilines is 1. The van der Waals surface area contributed by atoms with Crippen molar-refractivity contribution in [3.8, 4) is 5.75 Å². The zero-order valence-electron chi connectivity index (χ0n) is 11.7. The first kappa shape index (κ1) is 13.3. The van der Waals surface area contributed by atoms with Crippen molar-refractivity contribution in [1.29, 1.82) is 0 Å². The first-order valence-corrected chi connectivity index (χ1v) is 7.27. The second kappa shape index (κ2) is 6.67. The number of aryl methyl sites for hydroxylation is 1. The molecule has 1 aliphatic carbocycles. The van der Waals surface area contributed by atoms with Crippen LogP contribution in [0.4, 0.5) is 5.69 Å². The van der Waals surface area contributed by atoms with Crippen LogP contribution in [0.15, 0.2) is 18.2 Å². The van der Waals surface area contributed by atoms with Crippen LogP contribution in [0.3, 0.4) is 0 Å². The fraction of sp³-hybridized carbons (Fsp3) is 0.625. The van der Waals surface area contributed by atoms with Gasteiger partial charge in [-0.05, 0) is 50.3 Å². The first-order chi connectivity index (χ1) is 8.79. The zero-order chi connectivity index (χ0) is 12.8. The average molecular weight is 247 g/mol. The molecule has 1 N–H and O–H groups in total. The highest BCUT2D eigenvalue weighted by atomic mass is 16.5. The van der Waals surface area contributed by atoms with E-state index in [1.165, 1.54) is 37.7 Å². The second-order valence-electron chi connectivity index (χ2n) is 5.32. The molecular weight excluding hydrogens is 222 g/mol. The molecule has 2 rings (SSSR count). The maximum absolute atomic E-state index is 5.67.